The summed E-state index contributed by atoms with van der Waals surface area (Å²) in [6, 6.07) is 0. The van der Waals surface area contributed by atoms with E-state index in [-0.39, 0.29) is 12.0 Å². The van der Waals surface area contributed by atoms with Gasteiger partial charge in [-0.25, -0.2) is 0 Å². The van der Waals surface area contributed by atoms with Crippen LogP contribution in [-0.2, 0) is 0 Å². The quantitative estimate of drug-likeness (QED) is 0.705. The van der Waals surface area contributed by atoms with E-state index in [0.717, 1.165) is 19.5 Å². The van der Waals surface area contributed by atoms with Crippen LogP contribution in [-0.4, -0.2) is 35.8 Å². The summed E-state index contributed by atoms with van der Waals surface area (Å²) in [5.74, 6) is 0. The molecule has 0 amide bonds. The Kier molecular flexibility index (Phi) is 4.94. The predicted molar refractivity (Wildman–Crippen MR) is 68.5 cm³/mol. The molecule has 1 aliphatic rings. The Bertz CT molecular complexity index is 170. The zero-order valence-corrected chi connectivity index (χ0v) is 11.1. The van der Waals surface area contributed by atoms with Gasteiger partial charge in [-0.15, -0.1) is 0 Å². The molecule has 3 heteroatoms. The van der Waals surface area contributed by atoms with Gasteiger partial charge in [0.1, 0.15) is 0 Å². The summed E-state index contributed by atoms with van der Waals surface area (Å²) in [5.41, 5.74) is 0.0589. The summed E-state index contributed by atoms with van der Waals surface area (Å²) >= 11 is 2.00. The average Bonchev–Trinajstić information content (AvgIpc) is 2.22. The fourth-order valence-corrected chi connectivity index (χ4v) is 2.85. The Morgan fingerprint density at radius 2 is 2.13 bits per heavy atom. The molecular weight excluding hydrogens is 206 g/mol. The maximum absolute atomic E-state index is 9.30. The number of rotatable bonds is 7. The van der Waals surface area contributed by atoms with E-state index in [4.69, 9.17) is 0 Å². The first-order chi connectivity index (χ1) is 7.10. The van der Waals surface area contributed by atoms with E-state index in [1.165, 1.54) is 19.3 Å². The molecule has 1 aliphatic carbocycles. The molecule has 0 aliphatic heterocycles. The number of hydrogen-bond donors (Lipinski definition) is 2. The smallest absolute Gasteiger partial charge is 0.0496 e. The van der Waals surface area contributed by atoms with E-state index in [0.29, 0.717) is 4.75 Å². The maximum atomic E-state index is 9.30. The van der Waals surface area contributed by atoms with Crippen molar-refractivity contribution in [3.05, 3.63) is 0 Å². The van der Waals surface area contributed by atoms with Gasteiger partial charge in [-0.3, -0.25) is 0 Å². The van der Waals surface area contributed by atoms with Crippen molar-refractivity contribution in [2.75, 3.05) is 26.0 Å². The second-order valence-electron chi connectivity index (χ2n) is 5.17. The predicted octanol–water partition coefficient (Wildman–Crippen LogP) is 2.27. The van der Waals surface area contributed by atoms with Crippen molar-refractivity contribution in [2.24, 2.45) is 5.41 Å². The molecule has 0 saturated heterocycles. The first-order valence-corrected chi connectivity index (χ1v) is 7.19. The highest BCUT2D eigenvalue weighted by Crippen LogP contribution is 2.42. The van der Waals surface area contributed by atoms with Gasteiger partial charge in [0.2, 0.25) is 0 Å². The van der Waals surface area contributed by atoms with Crippen LogP contribution < -0.4 is 5.32 Å². The molecule has 1 atom stereocenters. The third kappa shape index (κ3) is 3.36. The van der Waals surface area contributed by atoms with Crippen LogP contribution in [0.1, 0.15) is 39.5 Å². The van der Waals surface area contributed by atoms with Gasteiger partial charge in [0.25, 0.3) is 0 Å². The van der Waals surface area contributed by atoms with E-state index in [2.05, 4.69) is 25.4 Å². The molecule has 0 heterocycles. The lowest BCUT2D eigenvalue weighted by molar-refractivity contribution is 0.133. The zero-order valence-electron chi connectivity index (χ0n) is 10.3. The number of nitrogens with one attached hydrogen (secondary N) is 1. The molecule has 2 N–H and O–H groups in total. The van der Waals surface area contributed by atoms with E-state index in [9.17, 15) is 5.11 Å². The normalized spacial score (nSPS) is 23.2. The standard InChI is InChI=1S/C12H25NOS/c1-4-11(2,10-14)8-13-9-12(15-3)6-5-7-12/h13-14H,4-10H2,1-3H3. The number of aliphatic hydroxyl groups is 1. The summed E-state index contributed by atoms with van der Waals surface area (Å²) in [4.78, 5) is 0. The molecule has 0 aromatic rings. The molecule has 1 fully saturated rings. The van der Waals surface area contributed by atoms with Gasteiger partial charge in [-0.1, -0.05) is 20.3 Å². The van der Waals surface area contributed by atoms with E-state index in [1.807, 2.05) is 11.8 Å². The first kappa shape index (κ1) is 13.3. The van der Waals surface area contributed by atoms with Gasteiger partial charge < -0.3 is 10.4 Å². The van der Waals surface area contributed by atoms with Crippen LogP contribution in [0.2, 0.25) is 0 Å². The molecule has 0 bridgehead atoms. The molecule has 1 rings (SSSR count). The van der Waals surface area contributed by atoms with Gasteiger partial charge in [0.15, 0.2) is 0 Å². The minimum Gasteiger partial charge on any atom is -0.396 e. The topological polar surface area (TPSA) is 32.3 Å². The Morgan fingerprint density at radius 3 is 2.47 bits per heavy atom. The third-order valence-electron chi connectivity index (χ3n) is 3.93. The molecule has 0 radical (unpaired) electrons. The molecule has 0 spiro atoms. The Hall–Kier alpha value is 0.270. The first-order valence-electron chi connectivity index (χ1n) is 5.96. The molecule has 1 unspecified atom stereocenters. The molecule has 15 heavy (non-hydrogen) atoms. The van der Waals surface area contributed by atoms with Crippen molar-refractivity contribution >= 4 is 11.8 Å². The fraction of sp³-hybridized carbons (Fsp3) is 1.00. The second kappa shape index (κ2) is 5.55. The number of hydrogen-bond acceptors (Lipinski definition) is 3. The van der Waals surface area contributed by atoms with Gasteiger partial charge >= 0.3 is 0 Å². The van der Waals surface area contributed by atoms with Gasteiger partial charge in [-0.05, 0) is 25.5 Å². The molecular formula is C12H25NOS. The Labute approximate surface area is 98.2 Å². The zero-order chi connectivity index (χ0) is 11.4. The van der Waals surface area contributed by atoms with Gasteiger partial charge in [0.05, 0.1) is 0 Å². The molecule has 2 nitrogen and oxygen atoms in total. The highest BCUT2D eigenvalue weighted by atomic mass is 32.2. The summed E-state index contributed by atoms with van der Waals surface area (Å²) < 4.78 is 0.504. The summed E-state index contributed by atoms with van der Waals surface area (Å²) in [6.07, 6.45) is 7.33. The molecule has 1 saturated carbocycles. The molecule has 0 aromatic heterocycles. The van der Waals surface area contributed by atoms with E-state index >= 15 is 0 Å². The van der Waals surface area contributed by atoms with Crippen molar-refractivity contribution in [1.82, 2.24) is 5.32 Å². The highest BCUT2D eigenvalue weighted by Gasteiger charge is 2.36. The Morgan fingerprint density at radius 1 is 1.47 bits per heavy atom. The maximum Gasteiger partial charge on any atom is 0.0496 e. The summed E-state index contributed by atoms with van der Waals surface area (Å²) in [5, 5.41) is 12.8. The van der Waals surface area contributed by atoms with Crippen molar-refractivity contribution in [3.63, 3.8) is 0 Å². The largest absolute Gasteiger partial charge is 0.396 e. The molecule has 0 aromatic carbocycles. The molecule has 90 valence electrons. The van der Waals surface area contributed by atoms with Crippen molar-refractivity contribution in [3.8, 4) is 0 Å². The lowest BCUT2D eigenvalue weighted by Gasteiger charge is -2.41. The summed E-state index contributed by atoms with van der Waals surface area (Å²) in [6.45, 7) is 6.60. The minimum atomic E-state index is 0.0589. The Balaban J connectivity index is 2.25. The van der Waals surface area contributed by atoms with Crippen LogP contribution in [0.25, 0.3) is 0 Å². The van der Waals surface area contributed by atoms with Crippen LogP contribution in [0.3, 0.4) is 0 Å². The SMILES string of the molecule is CCC(C)(CO)CNCC1(SC)CCC1. The summed E-state index contributed by atoms with van der Waals surface area (Å²) in [7, 11) is 0. The van der Waals surface area contributed by atoms with Crippen LogP contribution in [0.4, 0.5) is 0 Å². The monoisotopic (exact) mass is 231 g/mol. The van der Waals surface area contributed by atoms with Crippen LogP contribution >= 0.6 is 11.8 Å². The lowest BCUT2D eigenvalue weighted by Crippen LogP contribution is -2.46. The number of aliphatic hydroxyl groups excluding tert-OH is 1. The fourth-order valence-electron chi connectivity index (χ4n) is 1.91. The second-order valence-corrected chi connectivity index (χ2v) is 6.44. The van der Waals surface area contributed by atoms with Crippen LogP contribution in [0, 0.1) is 5.41 Å². The van der Waals surface area contributed by atoms with Crippen molar-refractivity contribution in [1.29, 1.82) is 0 Å². The van der Waals surface area contributed by atoms with Crippen molar-refractivity contribution in [2.45, 2.75) is 44.3 Å². The highest BCUT2D eigenvalue weighted by molar-refractivity contribution is 8.00. The van der Waals surface area contributed by atoms with Gasteiger partial charge in [0, 0.05) is 29.9 Å². The van der Waals surface area contributed by atoms with Crippen LogP contribution in [0.5, 0.6) is 0 Å². The van der Waals surface area contributed by atoms with E-state index < -0.39 is 0 Å². The van der Waals surface area contributed by atoms with Gasteiger partial charge in [-0.2, -0.15) is 11.8 Å². The van der Waals surface area contributed by atoms with Crippen LogP contribution in [0.15, 0.2) is 0 Å². The third-order valence-corrected chi connectivity index (χ3v) is 5.35. The van der Waals surface area contributed by atoms with E-state index in [1.54, 1.807) is 0 Å². The minimum absolute atomic E-state index is 0.0589. The van der Waals surface area contributed by atoms with Crippen molar-refractivity contribution < 1.29 is 5.11 Å². The average molecular weight is 231 g/mol. The number of thioether (sulfide) groups is 1. The lowest BCUT2D eigenvalue weighted by atomic mass is 9.83.